The molecule has 1 aromatic heterocycles. The van der Waals surface area contributed by atoms with Gasteiger partial charge in [0.2, 0.25) is 82.7 Å². The van der Waals surface area contributed by atoms with Crippen LogP contribution in [0.1, 0.15) is 163 Å². The van der Waals surface area contributed by atoms with E-state index in [2.05, 4.69) is 84.4 Å². The molecule has 0 spiro atoms. The Hall–Kier alpha value is -11.7. The van der Waals surface area contributed by atoms with Gasteiger partial charge in [0.05, 0.1) is 30.6 Å². The standard InChI is InChI=1S/C76H113N19O20S/c1-9-11-14-21-48-66(106)84-43(8)65(105)89-54(33-47-36-80-39-82-47)72(112)92-55(34-60(99)100)73(113)88-51(28-29-59(97)98)69(109)95-62(41(5)6)75(115)93-52(31-40(3)4)70(110)90-53(32-44-24-26-46(27-25-44)45-19-16-13-17-20-45)71(111)87-49(22-15-12-10-2)68(108)91-56(35-61(101)102)74(114)94-57(63(77)103)37-116-38-58(96)83-42(7)64(104)85-50(67(107)86-48)23-18-30-81-76(78)79/h13,16-17,19-20,24-27,36,39-43,48-57,62H,9-12,14-15,18,21-23,28-35,37-38H2,1-8H3,(H2,77,103)(H,80,82)(H,83,96)(H,84,106)(H,85,104)(H,86,107)(H,87,111)(H,88,113)(H,89,105)(H,90,110)(H,91,108)(H,92,112)(H,93,115)(H,94,114)(H,95,109)(H,97,98)(H,99,100)(H,101,102)(H4,78,79,81)/t42-,43-,48-,49-,50-,51-,52-,53-,54-,55-,56-,57-,62-/m0/s1. The SMILES string of the molecule is CCCCC[C@@H]1NC(=O)[C@H](CCCNC(=N)N)NC(=O)[C@H](C)NC(=O)CSC[C@@H](C(N)=O)NC(=O)[C@H](CC(=O)O)NC(=O)[C@H](CCCCC)NC(=O)[C@H](Cc2ccc(-c3ccccc3)cc2)NC(=O)[C@H](CC(C)C)NC(=O)[C@H](C(C)C)NC(=O)[C@H](CCC(=O)O)NC(=O)[C@H](CC(=O)O)NC(=O)[C@H](Cc2c[nH]cn2)NC(=O)[C@H](C)NC1=O. The van der Waals surface area contributed by atoms with Gasteiger partial charge in [-0.3, -0.25) is 86.9 Å². The largest absolute Gasteiger partial charge is 0.481 e. The van der Waals surface area contributed by atoms with Gasteiger partial charge >= 0.3 is 17.9 Å². The second kappa shape index (κ2) is 49.8. The Morgan fingerprint density at radius 2 is 0.922 bits per heavy atom. The van der Waals surface area contributed by atoms with Gasteiger partial charge in [0.1, 0.15) is 78.5 Å². The molecule has 40 heteroatoms. The number of carboxylic acid groups (broad SMARTS) is 3. The molecule has 3 aromatic rings. The highest BCUT2D eigenvalue weighted by Gasteiger charge is 2.39. The summed E-state index contributed by atoms with van der Waals surface area (Å²) < 4.78 is 0. The molecule has 13 atom stereocenters. The number of aromatic nitrogens is 2. The van der Waals surface area contributed by atoms with Crippen molar-refractivity contribution in [1.29, 1.82) is 5.41 Å². The number of hydrogen-bond acceptors (Lipinski definition) is 20. The van der Waals surface area contributed by atoms with Crippen molar-refractivity contribution in [3.8, 4) is 11.1 Å². The molecule has 1 aliphatic heterocycles. The lowest BCUT2D eigenvalue weighted by Crippen LogP contribution is -2.62. The number of nitrogens with zero attached hydrogens (tertiary/aromatic N) is 1. The molecule has 39 nitrogen and oxygen atoms in total. The molecule has 0 saturated carbocycles. The number of imidazole rings is 1. The van der Waals surface area contributed by atoms with Crippen LogP contribution in [-0.2, 0) is 94.3 Å². The van der Waals surface area contributed by atoms with Crippen LogP contribution in [0.2, 0.25) is 0 Å². The molecule has 2 aromatic carbocycles. The summed E-state index contributed by atoms with van der Waals surface area (Å²) in [7, 11) is 0. The van der Waals surface area contributed by atoms with Gasteiger partial charge in [-0.2, -0.15) is 0 Å². The third-order valence-electron chi connectivity index (χ3n) is 18.4. The first-order valence-corrected chi connectivity index (χ1v) is 39.7. The van der Waals surface area contributed by atoms with Crippen LogP contribution in [-0.4, -0.2) is 228 Å². The third-order valence-corrected chi connectivity index (χ3v) is 19.4. The van der Waals surface area contributed by atoms with E-state index in [1.807, 2.05) is 44.2 Å². The van der Waals surface area contributed by atoms with Gasteiger partial charge in [-0.25, -0.2) is 4.98 Å². The van der Waals surface area contributed by atoms with Crippen LogP contribution >= 0.6 is 11.8 Å². The van der Waals surface area contributed by atoms with Crippen molar-refractivity contribution in [3.05, 3.63) is 78.4 Å². The van der Waals surface area contributed by atoms with E-state index in [1.165, 1.54) is 40.2 Å². The van der Waals surface area contributed by atoms with Crippen molar-refractivity contribution in [3.63, 3.8) is 0 Å². The van der Waals surface area contributed by atoms with E-state index in [1.54, 1.807) is 38.1 Å². The minimum Gasteiger partial charge on any atom is -0.481 e. The fraction of sp³-hybridized carbons (Fsp3) is 0.566. The van der Waals surface area contributed by atoms with Crippen LogP contribution < -0.4 is 85.9 Å². The number of amides is 14. The second-order valence-electron chi connectivity index (χ2n) is 29.0. The zero-order valence-corrected chi connectivity index (χ0v) is 67.3. The zero-order valence-electron chi connectivity index (χ0n) is 66.4. The van der Waals surface area contributed by atoms with Crippen molar-refractivity contribution in [2.45, 2.75) is 243 Å². The van der Waals surface area contributed by atoms with Crippen LogP contribution in [0.15, 0.2) is 67.1 Å². The van der Waals surface area contributed by atoms with E-state index < -0.39 is 235 Å². The Kier molecular flexibility index (Phi) is 41.5. The number of guanidine groups is 1. The number of hydrogen-bond donors (Lipinski definition) is 21. The third kappa shape index (κ3) is 34.9. The number of nitrogens with one attached hydrogen (secondary N) is 16. The van der Waals surface area contributed by atoms with Crippen molar-refractivity contribution >= 4 is 118 Å². The van der Waals surface area contributed by atoms with Gasteiger partial charge < -0.3 is 106 Å². The molecule has 0 radical (unpaired) electrons. The molecule has 14 amide bonds. The molecule has 0 unspecified atom stereocenters. The Morgan fingerprint density at radius 3 is 1.41 bits per heavy atom. The maximum absolute atomic E-state index is 15.0. The average Bonchev–Trinajstić information content (AvgIpc) is 1.06. The van der Waals surface area contributed by atoms with Crippen molar-refractivity contribution < 1.29 is 96.8 Å². The van der Waals surface area contributed by atoms with E-state index in [0.717, 1.165) is 22.9 Å². The Labute approximate surface area is 676 Å². The molecule has 0 aliphatic carbocycles. The maximum atomic E-state index is 15.0. The monoisotopic (exact) mass is 1640 g/mol. The van der Waals surface area contributed by atoms with Gasteiger partial charge in [-0.1, -0.05) is 135 Å². The minimum absolute atomic E-state index is 0.0204. The van der Waals surface area contributed by atoms with Gasteiger partial charge in [0, 0.05) is 37.8 Å². The lowest BCUT2D eigenvalue weighted by Gasteiger charge is -2.29. The Morgan fingerprint density at radius 1 is 0.491 bits per heavy atom. The molecular formula is C76H113N19O20S. The summed E-state index contributed by atoms with van der Waals surface area (Å²) in [6.07, 6.45) is 0.793. The summed E-state index contributed by atoms with van der Waals surface area (Å²) >= 11 is 0.740. The van der Waals surface area contributed by atoms with Crippen LogP contribution in [0.3, 0.4) is 0 Å². The molecule has 1 fully saturated rings. The number of thioether (sulfide) groups is 1. The van der Waals surface area contributed by atoms with Gasteiger partial charge in [0.25, 0.3) is 0 Å². The predicted octanol–water partition coefficient (Wildman–Crippen LogP) is -1.62. The lowest BCUT2D eigenvalue weighted by molar-refractivity contribution is -0.142. The van der Waals surface area contributed by atoms with Gasteiger partial charge in [0.15, 0.2) is 5.96 Å². The number of nitrogens with two attached hydrogens (primary N) is 2. The van der Waals surface area contributed by atoms with Crippen molar-refractivity contribution in [2.75, 3.05) is 18.1 Å². The fourth-order valence-corrected chi connectivity index (χ4v) is 12.9. The number of carbonyl (C=O) groups is 17. The molecule has 2 heterocycles. The van der Waals surface area contributed by atoms with E-state index >= 15 is 4.79 Å². The van der Waals surface area contributed by atoms with Crippen LogP contribution in [0.5, 0.6) is 0 Å². The number of rotatable bonds is 28. The van der Waals surface area contributed by atoms with Crippen molar-refractivity contribution in [2.24, 2.45) is 23.3 Å². The molecule has 4 rings (SSSR count). The summed E-state index contributed by atoms with van der Waals surface area (Å²) in [5.41, 5.74) is 13.4. The van der Waals surface area contributed by atoms with Crippen LogP contribution in [0, 0.1) is 17.2 Å². The Balaban J connectivity index is 1.87. The lowest BCUT2D eigenvalue weighted by atomic mass is 9.97. The molecule has 1 aliphatic rings. The quantitative estimate of drug-likeness (QED) is 0.0221. The number of benzene rings is 2. The molecular weight excluding hydrogens is 1530 g/mol. The average molecular weight is 1640 g/mol. The summed E-state index contributed by atoms with van der Waals surface area (Å²) in [5, 5.41) is 72.7. The van der Waals surface area contributed by atoms with E-state index in [4.69, 9.17) is 16.9 Å². The molecule has 116 heavy (non-hydrogen) atoms. The number of aromatic amines is 1. The molecule has 0 bridgehead atoms. The van der Waals surface area contributed by atoms with Crippen molar-refractivity contribution in [1.82, 2.24) is 84.4 Å². The first kappa shape index (κ1) is 96.6. The molecule has 1 saturated heterocycles. The minimum atomic E-state index is -2.08. The number of aliphatic carboxylic acids is 3. The first-order chi connectivity index (χ1) is 54.9. The van der Waals surface area contributed by atoms with E-state index in [0.29, 0.717) is 37.7 Å². The highest BCUT2D eigenvalue weighted by molar-refractivity contribution is 8.00. The summed E-state index contributed by atoms with van der Waals surface area (Å²) in [5.74, 6) is -22.0. The van der Waals surface area contributed by atoms with Gasteiger partial charge in [-0.15, -0.1) is 11.8 Å². The number of carbonyl (C=O) groups excluding carboxylic acids is 14. The molecule has 23 N–H and O–H groups in total. The summed E-state index contributed by atoms with van der Waals surface area (Å²) in [6.45, 7) is 12.7. The summed E-state index contributed by atoms with van der Waals surface area (Å²) in [6, 6.07) is -5.05. The predicted molar refractivity (Wildman–Crippen MR) is 424 cm³/mol. The highest BCUT2D eigenvalue weighted by Crippen LogP contribution is 2.21. The first-order valence-electron chi connectivity index (χ1n) is 38.6. The van der Waals surface area contributed by atoms with E-state index in [9.17, 15) is 92.0 Å². The number of H-pyrrole nitrogens is 1. The Bertz CT molecular complexity index is 3870. The number of primary amides is 1. The van der Waals surface area contributed by atoms with Gasteiger partial charge in [-0.05, 0) is 80.9 Å². The molecule has 638 valence electrons. The highest BCUT2D eigenvalue weighted by atomic mass is 32.2. The smallest absolute Gasteiger partial charge is 0.305 e. The normalized spacial score (nSPS) is 23.8. The number of carboxylic acids is 3. The number of unbranched alkanes of at least 4 members (excludes halogenated alkanes) is 4. The topological polar surface area (TPSA) is 624 Å². The van der Waals surface area contributed by atoms with E-state index in [-0.39, 0.29) is 63.1 Å². The second-order valence-corrected chi connectivity index (χ2v) is 30.1. The van der Waals surface area contributed by atoms with Crippen LogP contribution in [0.25, 0.3) is 11.1 Å². The fourth-order valence-electron chi connectivity index (χ4n) is 12.0. The van der Waals surface area contributed by atoms with Crippen LogP contribution in [0.4, 0.5) is 0 Å². The zero-order chi connectivity index (χ0) is 86.3. The summed E-state index contributed by atoms with van der Waals surface area (Å²) in [4.78, 5) is 244. The maximum Gasteiger partial charge on any atom is 0.305 e.